The Hall–Kier alpha value is -1.37. The van der Waals surface area contributed by atoms with E-state index in [-0.39, 0.29) is 0 Å². The summed E-state index contributed by atoms with van der Waals surface area (Å²) >= 11 is 0. The quantitative estimate of drug-likeness (QED) is 0.895. The van der Waals surface area contributed by atoms with Gasteiger partial charge >= 0.3 is 0 Å². The number of hydrogen-bond donors (Lipinski definition) is 1. The molecule has 1 saturated heterocycles. The second-order valence-electron chi connectivity index (χ2n) is 5.86. The van der Waals surface area contributed by atoms with Gasteiger partial charge in [0.15, 0.2) is 0 Å². The highest BCUT2D eigenvalue weighted by molar-refractivity contribution is 5.31. The Morgan fingerprint density at radius 1 is 1.35 bits per heavy atom. The van der Waals surface area contributed by atoms with Gasteiger partial charge in [0.05, 0.1) is 6.07 Å². The van der Waals surface area contributed by atoms with Crippen molar-refractivity contribution < 1.29 is 0 Å². The lowest BCUT2D eigenvalue weighted by Crippen LogP contribution is -2.51. The van der Waals surface area contributed by atoms with Crippen molar-refractivity contribution in [2.24, 2.45) is 5.73 Å². The van der Waals surface area contributed by atoms with Crippen LogP contribution in [0, 0.1) is 11.3 Å². The third-order valence-corrected chi connectivity index (χ3v) is 4.31. The van der Waals surface area contributed by atoms with Crippen molar-refractivity contribution in [1.29, 1.82) is 5.26 Å². The van der Waals surface area contributed by atoms with Crippen molar-refractivity contribution in [3.8, 4) is 6.07 Å². The Kier molecular flexibility index (Phi) is 5.17. The number of nitrogens with two attached hydrogens (primary N) is 1. The second-order valence-corrected chi connectivity index (χ2v) is 5.86. The number of likely N-dealkylation sites (tertiary alicyclic amines) is 1. The molecule has 1 aliphatic heterocycles. The van der Waals surface area contributed by atoms with E-state index < -0.39 is 5.54 Å². The Morgan fingerprint density at radius 2 is 2.10 bits per heavy atom. The third-order valence-electron chi connectivity index (χ3n) is 4.31. The van der Waals surface area contributed by atoms with E-state index in [0.29, 0.717) is 12.6 Å². The molecule has 2 rings (SSSR count). The van der Waals surface area contributed by atoms with Crippen molar-refractivity contribution in [2.75, 3.05) is 13.1 Å². The van der Waals surface area contributed by atoms with Gasteiger partial charge in [0.1, 0.15) is 5.54 Å². The van der Waals surface area contributed by atoms with E-state index >= 15 is 0 Å². The number of piperidine rings is 1. The highest BCUT2D eigenvalue weighted by Crippen LogP contribution is 2.26. The molecule has 2 atom stereocenters. The van der Waals surface area contributed by atoms with E-state index in [1.807, 2.05) is 30.3 Å². The number of nitriles is 1. The van der Waals surface area contributed by atoms with Gasteiger partial charge in [-0.05, 0) is 31.4 Å². The van der Waals surface area contributed by atoms with Gasteiger partial charge in [-0.1, -0.05) is 50.1 Å². The first kappa shape index (κ1) is 15.0. The summed E-state index contributed by atoms with van der Waals surface area (Å²) in [6.07, 6.45) is 6.16. The SMILES string of the molecule is CCCC1CCCCN1CC(N)(C#N)c1ccccc1. The monoisotopic (exact) mass is 271 g/mol. The van der Waals surface area contributed by atoms with Crippen molar-refractivity contribution in [3.05, 3.63) is 35.9 Å². The first-order chi connectivity index (χ1) is 9.69. The molecule has 3 nitrogen and oxygen atoms in total. The average molecular weight is 271 g/mol. The summed E-state index contributed by atoms with van der Waals surface area (Å²) in [6.45, 7) is 3.93. The summed E-state index contributed by atoms with van der Waals surface area (Å²) in [4.78, 5) is 2.43. The molecule has 0 aromatic heterocycles. The maximum atomic E-state index is 9.58. The smallest absolute Gasteiger partial charge is 0.142 e. The van der Waals surface area contributed by atoms with E-state index in [0.717, 1.165) is 12.1 Å². The molecule has 1 aliphatic rings. The minimum absolute atomic E-state index is 0.591. The maximum Gasteiger partial charge on any atom is 0.142 e. The largest absolute Gasteiger partial charge is 0.309 e. The normalized spacial score (nSPS) is 22.9. The number of hydrogen-bond acceptors (Lipinski definition) is 3. The lowest BCUT2D eigenvalue weighted by atomic mass is 9.89. The zero-order valence-electron chi connectivity index (χ0n) is 12.4. The van der Waals surface area contributed by atoms with Crippen LogP contribution in [0.25, 0.3) is 0 Å². The number of benzene rings is 1. The molecule has 2 N–H and O–H groups in total. The zero-order chi connectivity index (χ0) is 14.4. The maximum absolute atomic E-state index is 9.58. The van der Waals surface area contributed by atoms with Gasteiger partial charge in [-0.2, -0.15) is 5.26 Å². The average Bonchev–Trinajstić information content (AvgIpc) is 2.50. The summed E-state index contributed by atoms with van der Waals surface area (Å²) in [5, 5.41) is 9.58. The van der Waals surface area contributed by atoms with Gasteiger partial charge in [0, 0.05) is 12.6 Å². The van der Waals surface area contributed by atoms with Gasteiger partial charge in [0.25, 0.3) is 0 Å². The molecule has 0 amide bonds. The minimum atomic E-state index is -0.898. The number of nitrogens with zero attached hydrogens (tertiary/aromatic N) is 2. The Labute approximate surface area is 122 Å². The van der Waals surface area contributed by atoms with Crippen LogP contribution in [0.2, 0.25) is 0 Å². The van der Waals surface area contributed by atoms with Crippen molar-refractivity contribution in [2.45, 2.75) is 50.6 Å². The summed E-state index contributed by atoms with van der Waals surface area (Å²) in [6, 6.07) is 12.7. The fraction of sp³-hybridized carbons (Fsp3) is 0.588. The molecule has 0 spiro atoms. The molecule has 3 heteroatoms. The van der Waals surface area contributed by atoms with Crippen LogP contribution in [-0.2, 0) is 5.54 Å². The molecule has 1 aromatic carbocycles. The van der Waals surface area contributed by atoms with Crippen molar-refractivity contribution in [1.82, 2.24) is 4.90 Å². The van der Waals surface area contributed by atoms with Gasteiger partial charge < -0.3 is 5.73 Å². The summed E-state index contributed by atoms with van der Waals surface area (Å²) in [7, 11) is 0. The molecule has 1 heterocycles. The molecule has 2 unspecified atom stereocenters. The van der Waals surface area contributed by atoms with E-state index in [1.165, 1.54) is 32.1 Å². The Morgan fingerprint density at radius 3 is 2.75 bits per heavy atom. The van der Waals surface area contributed by atoms with E-state index in [4.69, 9.17) is 5.73 Å². The first-order valence-electron chi connectivity index (χ1n) is 7.69. The second kappa shape index (κ2) is 6.88. The Bertz CT molecular complexity index is 449. The molecule has 0 radical (unpaired) electrons. The zero-order valence-corrected chi connectivity index (χ0v) is 12.4. The van der Waals surface area contributed by atoms with Crippen LogP contribution in [-0.4, -0.2) is 24.0 Å². The standard InChI is InChI=1S/C17H25N3/c1-2-8-16-11-6-7-12-20(16)14-17(19,13-18)15-9-4-3-5-10-15/h3-5,9-10,16H,2,6-8,11-12,14,19H2,1H3. The highest BCUT2D eigenvalue weighted by Gasteiger charge is 2.33. The third kappa shape index (κ3) is 3.39. The van der Waals surface area contributed by atoms with Crippen LogP contribution >= 0.6 is 0 Å². The van der Waals surface area contributed by atoms with Crippen molar-refractivity contribution >= 4 is 0 Å². The fourth-order valence-corrected chi connectivity index (χ4v) is 3.18. The van der Waals surface area contributed by atoms with Gasteiger partial charge in [-0.25, -0.2) is 0 Å². The Balaban J connectivity index is 2.14. The predicted octanol–water partition coefficient (Wildman–Crippen LogP) is 3.02. The van der Waals surface area contributed by atoms with Crippen LogP contribution in [0.4, 0.5) is 0 Å². The molecular formula is C17H25N3. The molecule has 0 aliphatic carbocycles. The van der Waals surface area contributed by atoms with E-state index in [2.05, 4.69) is 17.9 Å². The molecular weight excluding hydrogens is 246 g/mol. The fourth-order valence-electron chi connectivity index (χ4n) is 3.18. The van der Waals surface area contributed by atoms with Crippen LogP contribution in [0.3, 0.4) is 0 Å². The first-order valence-corrected chi connectivity index (χ1v) is 7.69. The van der Waals surface area contributed by atoms with Crippen molar-refractivity contribution in [3.63, 3.8) is 0 Å². The number of rotatable bonds is 5. The van der Waals surface area contributed by atoms with Crippen LogP contribution in [0.5, 0.6) is 0 Å². The molecule has 1 aromatic rings. The van der Waals surface area contributed by atoms with Crippen LogP contribution < -0.4 is 5.73 Å². The molecule has 1 fully saturated rings. The van der Waals surface area contributed by atoms with Gasteiger partial charge in [-0.3, -0.25) is 4.90 Å². The summed E-state index contributed by atoms with van der Waals surface area (Å²) < 4.78 is 0. The van der Waals surface area contributed by atoms with E-state index in [1.54, 1.807) is 0 Å². The molecule has 0 saturated carbocycles. The lowest BCUT2D eigenvalue weighted by molar-refractivity contribution is 0.119. The molecule has 108 valence electrons. The topological polar surface area (TPSA) is 53.0 Å². The minimum Gasteiger partial charge on any atom is -0.309 e. The van der Waals surface area contributed by atoms with Gasteiger partial charge in [-0.15, -0.1) is 0 Å². The lowest BCUT2D eigenvalue weighted by Gasteiger charge is -2.39. The summed E-state index contributed by atoms with van der Waals surface area (Å²) in [5.74, 6) is 0. The molecule has 0 bridgehead atoms. The summed E-state index contributed by atoms with van der Waals surface area (Å²) in [5.41, 5.74) is 6.43. The predicted molar refractivity (Wildman–Crippen MR) is 82.0 cm³/mol. The van der Waals surface area contributed by atoms with Gasteiger partial charge in [0.2, 0.25) is 0 Å². The van der Waals surface area contributed by atoms with Crippen LogP contribution in [0.15, 0.2) is 30.3 Å². The molecule has 20 heavy (non-hydrogen) atoms. The van der Waals surface area contributed by atoms with Crippen LogP contribution in [0.1, 0.15) is 44.6 Å². The highest BCUT2D eigenvalue weighted by atomic mass is 15.2. The van der Waals surface area contributed by atoms with E-state index in [9.17, 15) is 5.26 Å².